The van der Waals surface area contributed by atoms with E-state index in [2.05, 4.69) is 52.8 Å². The van der Waals surface area contributed by atoms with Gasteiger partial charge in [0.2, 0.25) is 5.91 Å². The van der Waals surface area contributed by atoms with Gasteiger partial charge in [0.25, 0.3) is 0 Å². The molecule has 2 aliphatic heterocycles. The second-order valence-corrected chi connectivity index (χ2v) is 9.65. The highest BCUT2D eigenvalue weighted by Crippen LogP contribution is 2.49. The van der Waals surface area contributed by atoms with E-state index in [1.165, 1.54) is 5.57 Å². The smallest absolute Gasteiger partial charge is 0.249 e. The number of nitrogens with zero attached hydrogens (tertiary/aromatic N) is 4. The average molecular weight is 358 g/mol. The molecule has 2 fully saturated rings. The number of allylic oxidation sites excluding steroid dienone is 1. The maximum absolute atomic E-state index is 13.1. The van der Waals surface area contributed by atoms with Gasteiger partial charge in [0.05, 0.1) is 0 Å². The maximum atomic E-state index is 13.1. The number of nitrogens with one attached hydrogen (secondary N) is 1. The Balaban J connectivity index is 1.49. The standard InChI is InChI=1S/C20H31N5O/c1-13-8-19(3,4)7-6-15(13)18(26)25-11-20(12-25)10-24(5)9-16(20)17-21-14(2)22-23-17/h16H,6-12H2,1-5H3,(H,21,22,23). The predicted octanol–water partition coefficient (Wildman–Crippen LogP) is 2.50. The molecular formula is C20H31N5O. The van der Waals surface area contributed by atoms with Gasteiger partial charge in [-0.05, 0) is 45.6 Å². The van der Waals surface area contributed by atoms with Gasteiger partial charge in [-0.2, -0.15) is 5.10 Å². The largest absolute Gasteiger partial charge is 0.338 e. The number of carbonyl (C=O) groups excluding carboxylic acids is 1. The highest BCUT2D eigenvalue weighted by Gasteiger charge is 2.56. The van der Waals surface area contributed by atoms with E-state index >= 15 is 0 Å². The van der Waals surface area contributed by atoms with Crippen LogP contribution in [-0.2, 0) is 4.79 Å². The van der Waals surface area contributed by atoms with Gasteiger partial charge in [-0.15, -0.1) is 0 Å². The highest BCUT2D eigenvalue weighted by atomic mass is 16.2. The minimum atomic E-state index is 0.113. The van der Waals surface area contributed by atoms with Crippen LogP contribution in [0.3, 0.4) is 0 Å². The van der Waals surface area contributed by atoms with Crippen molar-refractivity contribution in [1.82, 2.24) is 25.0 Å². The Hall–Kier alpha value is -1.69. The first kappa shape index (κ1) is 17.7. The average Bonchev–Trinajstić information content (AvgIpc) is 3.07. The van der Waals surface area contributed by atoms with Crippen LogP contribution >= 0.6 is 0 Å². The number of carbonyl (C=O) groups is 1. The molecule has 0 saturated carbocycles. The fraction of sp³-hybridized carbons (Fsp3) is 0.750. The SMILES string of the molecule is CC1=C(C(=O)N2CC3(CN(C)CC3c3n[nH]c(C)n3)C2)CCC(C)(C)C1. The third kappa shape index (κ3) is 2.88. The molecule has 0 radical (unpaired) electrons. The Kier molecular flexibility index (Phi) is 4.03. The van der Waals surface area contributed by atoms with Crippen LogP contribution in [0.5, 0.6) is 0 Å². The van der Waals surface area contributed by atoms with E-state index in [0.29, 0.717) is 11.3 Å². The summed E-state index contributed by atoms with van der Waals surface area (Å²) in [6.45, 7) is 12.3. The van der Waals surface area contributed by atoms with Crippen molar-refractivity contribution in [2.45, 2.75) is 52.9 Å². The molecule has 3 heterocycles. The minimum absolute atomic E-state index is 0.113. The molecule has 0 bridgehead atoms. The Bertz CT molecular complexity index is 756. The van der Waals surface area contributed by atoms with Gasteiger partial charge < -0.3 is 9.80 Å². The maximum Gasteiger partial charge on any atom is 0.249 e. The molecule has 4 rings (SSSR count). The van der Waals surface area contributed by atoms with Gasteiger partial charge in [0.1, 0.15) is 5.82 Å². The summed E-state index contributed by atoms with van der Waals surface area (Å²) in [5.74, 6) is 2.35. The van der Waals surface area contributed by atoms with Crippen molar-refractivity contribution in [3.05, 3.63) is 22.8 Å². The topological polar surface area (TPSA) is 65.1 Å². The van der Waals surface area contributed by atoms with Crippen molar-refractivity contribution >= 4 is 5.91 Å². The fourth-order valence-electron chi connectivity index (χ4n) is 5.34. The monoisotopic (exact) mass is 357 g/mol. The third-order valence-electron chi connectivity index (χ3n) is 6.61. The summed E-state index contributed by atoms with van der Waals surface area (Å²) >= 11 is 0. The van der Waals surface area contributed by atoms with Crippen molar-refractivity contribution < 1.29 is 4.79 Å². The van der Waals surface area contributed by atoms with Crippen LogP contribution in [0.25, 0.3) is 0 Å². The summed E-state index contributed by atoms with van der Waals surface area (Å²) in [5, 5.41) is 7.40. The predicted molar refractivity (Wildman–Crippen MR) is 101 cm³/mol. The zero-order chi connectivity index (χ0) is 18.7. The molecule has 6 heteroatoms. The number of hydrogen-bond donors (Lipinski definition) is 1. The van der Waals surface area contributed by atoms with Gasteiger partial charge in [-0.3, -0.25) is 9.89 Å². The summed E-state index contributed by atoms with van der Waals surface area (Å²) in [7, 11) is 2.15. The van der Waals surface area contributed by atoms with Gasteiger partial charge >= 0.3 is 0 Å². The van der Waals surface area contributed by atoms with Gasteiger partial charge in [0, 0.05) is 43.1 Å². The second kappa shape index (κ2) is 5.91. The van der Waals surface area contributed by atoms with Crippen LogP contribution in [0.4, 0.5) is 0 Å². The van der Waals surface area contributed by atoms with Gasteiger partial charge in [-0.25, -0.2) is 4.98 Å². The van der Waals surface area contributed by atoms with Crippen molar-refractivity contribution in [3.63, 3.8) is 0 Å². The second-order valence-electron chi connectivity index (χ2n) is 9.65. The number of aryl methyl sites for hydroxylation is 1. The van der Waals surface area contributed by atoms with Crippen LogP contribution < -0.4 is 0 Å². The van der Waals surface area contributed by atoms with E-state index in [1.54, 1.807) is 0 Å². The van der Waals surface area contributed by atoms with E-state index in [0.717, 1.165) is 62.7 Å². The number of aromatic amines is 1. The van der Waals surface area contributed by atoms with Crippen molar-refractivity contribution in [2.24, 2.45) is 10.8 Å². The number of rotatable bonds is 2. The van der Waals surface area contributed by atoms with Crippen LogP contribution in [-0.4, -0.2) is 64.1 Å². The number of H-pyrrole nitrogens is 1. The molecule has 1 spiro atoms. The van der Waals surface area contributed by atoms with E-state index in [-0.39, 0.29) is 11.3 Å². The molecule has 1 aliphatic carbocycles. The quantitative estimate of drug-likeness (QED) is 0.883. The zero-order valence-electron chi connectivity index (χ0n) is 16.7. The Morgan fingerprint density at radius 3 is 2.58 bits per heavy atom. The number of amides is 1. The van der Waals surface area contributed by atoms with Gasteiger partial charge in [0.15, 0.2) is 5.82 Å². The van der Waals surface area contributed by atoms with Crippen LogP contribution in [0.2, 0.25) is 0 Å². The van der Waals surface area contributed by atoms with Crippen LogP contribution in [0.15, 0.2) is 11.1 Å². The number of hydrogen-bond acceptors (Lipinski definition) is 4. The number of likely N-dealkylation sites (N-methyl/N-ethyl adjacent to an activating group) is 1. The molecular weight excluding hydrogens is 326 g/mol. The lowest BCUT2D eigenvalue weighted by Crippen LogP contribution is -2.62. The van der Waals surface area contributed by atoms with Crippen molar-refractivity contribution in [1.29, 1.82) is 0 Å². The molecule has 2 saturated heterocycles. The lowest BCUT2D eigenvalue weighted by atomic mass is 9.70. The first-order valence-corrected chi connectivity index (χ1v) is 9.74. The third-order valence-corrected chi connectivity index (χ3v) is 6.61. The lowest BCUT2D eigenvalue weighted by Gasteiger charge is -2.51. The van der Waals surface area contributed by atoms with Crippen LogP contribution in [0.1, 0.15) is 57.6 Å². The molecule has 3 aliphatic rings. The Morgan fingerprint density at radius 2 is 1.96 bits per heavy atom. The molecule has 6 nitrogen and oxygen atoms in total. The van der Waals surface area contributed by atoms with Gasteiger partial charge in [-0.1, -0.05) is 19.4 Å². The lowest BCUT2D eigenvalue weighted by molar-refractivity contribution is -0.139. The van der Waals surface area contributed by atoms with E-state index in [4.69, 9.17) is 0 Å². The molecule has 142 valence electrons. The molecule has 26 heavy (non-hydrogen) atoms. The number of likely N-dealkylation sites (tertiary alicyclic amines) is 2. The molecule has 1 atom stereocenters. The molecule has 0 aromatic carbocycles. The first-order valence-electron chi connectivity index (χ1n) is 9.74. The van der Waals surface area contributed by atoms with Crippen LogP contribution in [0, 0.1) is 17.8 Å². The molecule has 1 aromatic heterocycles. The summed E-state index contributed by atoms with van der Waals surface area (Å²) < 4.78 is 0. The van der Waals surface area contributed by atoms with Crippen molar-refractivity contribution in [2.75, 3.05) is 33.2 Å². The van der Waals surface area contributed by atoms with Crippen molar-refractivity contribution in [3.8, 4) is 0 Å². The Morgan fingerprint density at radius 1 is 1.23 bits per heavy atom. The molecule has 1 aromatic rings. The Labute approximate surface area is 156 Å². The minimum Gasteiger partial charge on any atom is -0.338 e. The molecule has 1 unspecified atom stereocenters. The zero-order valence-corrected chi connectivity index (χ0v) is 16.7. The normalized spacial score (nSPS) is 27.9. The highest BCUT2D eigenvalue weighted by molar-refractivity contribution is 5.95. The van der Waals surface area contributed by atoms with E-state index in [1.807, 2.05) is 6.92 Å². The number of aromatic nitrogens is 3. The summed E-state index contributed by atoms with van der Waals surface area (Å²) in [6, 6.07) is 0. The molecule has 1 amide bonds. The summed E-state index contributed by atoms with van der Waals surface area (Å²) in [5.41, 5.74) is 2.79. The summed E-state index contributed by atoms with van der Waals surface area (Å²) in [6.07, 6.45) is 3.06. The van der Waals surface area contributed by atoms with E-state index < -0.39 is 0 Å². The fourth-order valence-corrected chi connectivity index (χ4v) is 5.34. The summed E-state index contributed by atoms with van der Waals surface area (Å²) in [4.78, 5) is 22.1. The first-order chi connectivity index (χ1) is 12.2. The van der Waals surface area contributed by atoms with E-state index in [9.17, 15) is 4.79 Å². The molecule has 1 N–H and O–H groups in total.